The second kappa shape index (κ2) is 5.66. The zero-order valence-electron chi connectivity index (χ0n) is 10.5. The lowest BCUT2D eigenvalue weighted by Gasteiger charge is -2.19. The molecule has 0 unspecified atom stereocenters. The van der Waals surface area contributed by atoms with Gasteiger partial charge in [-0.05, 0) is 34.8 Å². The van der Waals surface area contributed by atoms with E-state index in [2.05, 4.69) is 15.9 Å². The molecule has 1 amide bonds. The second-order valence-electron chi connectivity index (χ2n) is 4.63. The average Bonchev–Trinajstić information content (AvgIpc) is 3.09. The van der Waals surface area contributed by atoms with Gasteiger partial charge in [-0.3, -0.25) is 14.4 Å². The number of rotatable bonds is 6. The van der Waals surface area contributed by atoms with Crippen LogP contribution in [0.1, 0.15) is 29.4 Å². The molecule has 8 heteroatoms. The molecule has 0 bridgehead atoms. The summed E-state index contributed by atoms with van der Waals surface area (Å²) < 4.78 is 2.47. The summed E-state index contributed by atoms with van der Waals surface area (Å²) in [6.07, 6.45) is 3.67. The van der Waals surface area contributed by atoms with Crippen LogP contribution in [0, 0.1) is 0 Å². The van der Waals surface area contributed by atoms with Gasteiger partial charge >= 0.3 is 11.9 Å². The van der Waals surface area contributed by atoms with Crippen molar-refractivity contribution in [2.45, 2.75) is 18.9 Å². The molecule has 1 aromatic rings. The highest BCUT2D eigenvalue weighted by Gasteiger charge is 2.30. The van der Waals surface area contributed by atoms with Crippen LogP contribution in [0.15, 0.2) is 16.7 Å². The third-order valence-electron chi connectivity index (χ3n) is 2.91. The number of carboxylic acids is 2. The van der Waals surface area contributed by atoms with Gasteiger partial charge in [0.1, 0.15) is 18.8 Å². The minimum Gasteiger partial charge on any atom is -0.480 e. The van der Waals surface area contributed by atoms with Gasteiger partial charge in [-0.1, -0.05) is 0 Å². The predicted molar refractivity (Wildman–Crippen MR) is 71.6 cm³/mol. The van der Waals surface area contributed by atoms with Crippen molar-refractivity contribution in [1.29, 1.82) is 0 Å². The minimum absolute atomic E-state index is 0.233. The van der Waals surface area contributed by atoms with E-state index in [1.807, 2.05) is 0 Å². The topological polar surface area (TPSA) is 99.8 Å². The summed E-state index contributed by atoms with van der Waals surface area (Å²) in [7, 11) is 0. The van der Waals surface area contributed by atoms with Crippen molar-refractivity contribution in [3.8, 4) is 0 Å². The van der Waals surface area contributed by atoms with Crippen LogP contribution in [0.4, 0.5) is 0 Å². The monoisotopic (exact) mass is 344 g/mol. The van der Waals surface area contributed by atoms with E-state index < -0.39 is 30.9 Å². The molecule has 1 aromatic heterocycles. The van der Waals surface area contributed by atoms with Gasteiger partial charge in [0.25, 0.3) is 5.91 Å². The molecule has 0 saturated heterocycles. The molecule has 0 aliphatic heterocycles. The molecule has 2 N–H and O–H groups in total. The van der Waals surface area contributed by atoms with Gasteiger partial charge in [0.05, 0.1) is 0 Å². The summed E-state index contributed by atoms with van der Waals surface area (Å²) in [6, 6.07) is 1.81. The van der Waals surface area contributed by atoms with E-state index in [4.69, 9.17) is 10.2 Å². The molecule has 1 aliphatic carbocycles. The number of nitrogens with zero attached hydrogens (tertiary/aromatic N) is 2. The Balaban J connectivity index is 2.26. The van der Waals surface area contributed by atoms with Gasteiger partial charge in [0.15, 0.2) is 0 Å². The summed E-state index contributed by atoms with van der Waals surface area (Å²) in [5, 5.41) is 17.6. The van der Waals surface area contributed by atoms with Crippen molar-refractivity contribution in [3.63, 3.8) is 0 Å². The highest BCUT2D eigenvalue weighted by Crippen LogP contribution is 2.37. The molecule has 7 nitrogen and oxygen atoms in total. The van der Waals surface area contributed by atoms with Crippen molar-refractivity contribution in [3.05, 3.63) is 22.4 Å². The lowest BCUT2D eigenvalue weighted by molar-refractivity contribution is -0.140. The zero-order valence-corrected chi connectivity index (χ0v) is 12.0. The Labute approximate surface area is 122 Å². The summed E-state index contributed by atoms with van der Waals surface area (Å²) in [6.45, 7) is -1.28. The van der Waals surface area contributed by atoms with Crippen LogP contribution >= 0.6 is 15.9 Å². The van der Waals surface area contributed by atoms with Crippen molar-refractivity contribution >= 4 is 33.8 Å². The third-order valence-corrected chi connectivity index (χ3v) is 3.35. The average molecular weight is 345 g/mol. The molecule has 0 radical (unpaired) electrons. The highest BCUT2D eigenvalue weighted by molar-refractivity contribution is 9.10. The number of carbonyl (C=O) groups excluding carboxylic acids is 1. The Bertz CT molecular complexity index is 548. The molecule has 108 valence electrons. The maximum atomic E-state index is 12.3. The van der Waals surface area contributed by atoms with E-state index in [0.29, 0.717) is 10.2 Å². The summed E-state index contributed by atoms with van der Waals surface area (Å²) in [5.41, 5.74) is 0.307. The normalized spacial score (nSPS) is 14.1. The SMILES string of the molecule is O=C(O)CN(CC(=O)O)C(=O)c1cc(Br)cn1C1CC1. The summed E-state index contributed by atoms with van der Waals surface area (Å²) >= 11 is 3.27. The molecule has 1 aliphatic rings. The Morgan fingerprint density at radius 1 is 1.25 bits per heavy atom. The fourth-order valence-corrected chi connectivity index (χ4v) is 2.40. The van der Waals surface area contributed by atoms with Crippen molar-refractivity contribution in [2.24, 2.45) is 0 Å². The van der Waals surface area contributed by atoms with Gasteiger partial charge in [-0.25, -0.2) is 0 Å². The number of amides is 1. The minimum atomic E-state index is -1.25. The largest absolute Gasteiger partial charge is 0.480 e. The summed E-state index contributed by atoms with van der Waals surface area (Å²) in [5.74, 6) is -3.08. The molecule has 0 atom stereocenters. The zero-order chi connectivity index (χ0) is 14.9. The van der Waals surface area contributed by atoms with Gasteiger partial charge in [0.2, 0.25) is 0 Å². The number of carbonyl (C=O) groups is 3. The smallest absolute Gasteiger partial charge is 0.323 e. The number of aliphatic carboxylic acids is 2. The van der Waals surface area contributed by atoms with Crippen LogP contribution in [-0.4, -0.2) is 50.6 Å². The van der Waals surface area contributed by atoms with Crippen LogP contribution in [0.5, 0.6) is 0 Å². The van der Waals surface area contributed by atoms with Gasteiger partial charge in [-0.2, -0.15) is 0 Å². The lowest BCUT2D eigenvalue weighted by Crippen LogP contribution is -2.40. The molecule has 1 saturated carbocycles. The second-order valence-corrected chi connectivity index (χ2v) is 5.55. The number of halogens is 1. The molecule has 0 aromatic carbocycles. The van der Waals surface area contributed by atoms with Gasteiger partial charge in [-0.15, -0.1) is 0 Å². The molecular formula is C12H13BrN2O5. The number of hydrogen-bond acceptors (Lipinski definition) is 3. The molecule has 1 heterocycles. The van der Waals surface area contributed by atoms with Crippen molar-refractivity contribution < 1.29 is 24.6 Å². The Hall–Kier alpha value is -1.83. The molecule has 1 fully saturated rings. The van der Waals surface area contributed by atoms with Gasteiger partial charge < -0.3 is 19.7 Å². The van der Waals surface area contributed by atoms with E-state index in [1.54, 1.807) is 16.8 Å². The maximum Gasteiger partial charge on any atom is 0.323 e. The van der Waals surface area contributed by atoms with E-state index >= 15 is 0 Å². The summed E-state index contributed by atoms with van der Waals surface area (Å²) in [4.78, 5) is 34.7. The first-order valence-corrected chi connectivity index (χ1v) is 6.78. The van der Waals surface area contributed by atoms with Crippen LogP contribution in [0.2, 0.25) is 0 Å². The first-order valence-electron chi connectivity index (χ1n) is 5.98. The van der Waals surface area contributed by atoms with E-state index in [1.165, 1.54) is 0 Å². The van der Waals surface area contributed by atoms with E-state index in [9.17, 15) is 14.4 Å². The Morgan fingerprint density at radius 3 is 2.25 bits per heavy atom. The van der Waals surface area contributed by atoms with Crippen molar-refractivity contribution in [2.75, 3.05) is 13.1 Å². The lowest BCUT2D eigenvalue weighted by atomic mass is 10.3. The Morgan fingerprint density at radius 2 is 1.80 bits per heavy atom. The van der Waals surface area contributed by atoms with E-state index in [-0.39, 0.29) is 6.04 Å². The van der Waals surface area contributed by atoms with Crippen LogP contribution < -0.4 is 0 Å². The number of carboxylic acid groups (broad SMARTS) is 2. The molecule has 20 heavy (non-hydrogen) atoms. The molecule has 2 rings (SSSR count). The fourth-order valence-electron chi connectivity index (χ4n) is 1.96. The van der Waals surface area contributed by atoms with Crippen LogP contribution in [0.25, 0.3) is 0 Å². The molecule has 0 spiro atoms. The Kier molecular flexibility index (Phi) is 4.12. The third kappa shape index (κ3) is 3.38. The number of hydrogen-bond donors (Lipinski definition) is 2. The maximum absolute atomic E-state index is 12.3. The van der Waals surface area contributed by atoms with E-state index in [0.717, 1.165) is 17.7 Å². The first kappa shape index (κ1) is 14.6. The van der Waals surface area contributed by atoms with Crippen LogP contribution in [0.3, 0.4) is 0 Å². The fraction of sp³-hybridized carbons (Fsp3) is 0.417. The first-order chi connectivity index (χ1) is 9.38. The van der Waals surface area contributed by atoms with Crippen LogP contribution in [-0.2, 0) is 9.59 Å². The quantitative estimate of drug-likeness (QED) is 0.807. The van der Waals surface area contributed by atoms with Crippen molar-refractivity contribution in [1.82, 2.24) is 9.47 Å². The standard InChI is InChI=1S/C12H13BrN2O5/c13-7-3-9(15(4-7)8-1-2-8)12(20)14(5-10(16)17)6-11(18)19/h3-4,8H,1-2,5-6H2,(H,16,17)(H,18,19). The molecular weight excluding hydrogens is 332 g/mol. The number of aromatic nitrogens is 1. The highest BCUT2D eigenvalue weighted by atomic mass is 79.9. The predicted octanol–water partition coefficient (Wildman–Crippen LogP) is 1.20. The van der Waals surface area contributed by atoms with Gasteiger partial charge in [0, 0.05) is 16.7 Å².